The van der Waals surface area contributed by atoms with Crippen molar-refractivity contribution < 1.29 is 19.1 Å². The Labute approximate surface area is 129 Å². The highest BCUT2D eigenvalue weighted by Crippen LogP contribution is 2.23. The summed E-state index contributed by atoms with van der Waals surface area (Å²) in [6.07, 6.45) is 2.29. The van der Waals surface area contributed by atoms with Crippen molar-refractivity contribution in [3.8, 4) is 5.75 Å². The molecule has 0 aliphatic heterocycles. The molecule has 0 unspecified atom stereocenters. The number of carbonyl (C=O) groups is 2. The van der Waals surface area contributed by atoms with E-state index in [4.69, 9.17) is 9.47 Å². The average molecular weight is 304 g/mol. The van der Waals surface area contributed by atoms with E-state index in [-0.39, 0.29) is 17.8 Å². The zero-order valence-corrected chi connectivity index (χ0v) is 12.8. The van der Waals surface area contributed by atoms with Gasteiger partial charge in [-0.05, 0) is 50.5 Å². The van der Waals surface area contributed by atoms with Gasteiger partial charge in [-0.2, -0.15) is 5.10 Å². The van der Waals surface area contributed by atoms with Gasteiger partial charge >= 0.3 is 5.97 Å². The second-order valence-electron chi connectivity index (χ2n) is 4.97. The molecule has 1 aromatic rings. The fraction of sp³-hybridized carbons (Fsp3) is 0.438. The summed E-state index contributed by atoms with van der Waals surface area (Å²) in [6, 6.07) is 6.73. The number of hydrogen-bond acceptors (Lipinski definition) is 5. The summed E-state index contributed by atoms with van der Waals surface area (Å²) >= 11 is 0. The maximum Gasteiger partial charge on any atom is 0.314 e. The summed E-state index contributed by atoms with van der Waals surface area (Å²) in [5.74, 6) is -0.237. The number of rotatable bonds is 5. The number of nitrogens with one attached hydrogen (secondary N) is 1. The highest BCUT2D eigenvalue weighted by molar-refractivity contribution is 6.04. The zero-order chi connectivity index (χ0) is 15.9. The predicted molar refractivity (Wildman–Crippen MR) is 81.9 cm³/mol. The van der Waals surface area contributed by atoms with Gasteiger partial charge in [0, 0.05) is 5.56 Å². The lowest BCUT2D eigenvalue weighted by Crippen LogP contribution is -2.25. The van der Waals surface area contributed by atoms with Gasteiger partial charge in [0.05, 0.1) is 25.3 Å². The molecule has 0 radical (unpaired) electrons. The maximum absolute atomic E-state index is 12.0. The van der Waals surface area contributed by atoms with E-state index in [0.717, 1.165) is 12.8 Å². The smallest absolute Gasteiger partial charge is 0.314 e. The molecule has 1 saturated carbocycles. The third kappa shape index (κ3) is 3.84. The van der Waals surface area contributed by atoms with Crippen molar-refractivity contribution in [3.63, 3.8) is 0 Å². The van der Waals surface area contributed by atoms with Gasteiger partial charge in [0.1, 0.15) is 5.75 Å². The minimum Gasteiger partial charge on any atom is -0.497 e. The molecule has 1 aliphatic rings. The minimum absolute atomic E-state index is 0.266. The number of ether oxygens (including phenoxy) is 2. The Kier molecular flexibility index (Phi) is 5.52. The first-order valence-corrected chi connectivity index (χ1v) is 7.33. The molecule has 0 saturated heterocycles. The van der Waals surface area contributed by atoms with Crippen LogP contribution in [0.3, 0.4) is 0 Å². The summed E-state index contributed by atoms with van der Waals surface area (Å²) in [6.45, 7) is 2.12. The summed E-state index contributed by atoms with van der Waals surface area (Å²) < 4.78 is 10.1. The monoisotopic (exact) mass is 304 g/mol. The van der Waals surface area contributed by atoms with Crippen LogP contribution in [0.4, 0.5) is 0 Å². The zero-order valence-electron chi connectivity index (χ0n) is 12.8. The molecule has 118 valence electrons. The summed E-state index contributed by atoms with van der Waals surface area (Å²) in [5.41, 5.74) is 3.67. The second-order valence-corrected chi connectivity index (χ2v) is 4.97. The fourth-order valence-corrected chi connectivity index (χ4v) is 2.39. The second kappa shape index (κ2) is 7.59. The lowest BCUT2D eigenvalue weighted by molar-refractivity contribution is -0.145. The summed E-state index contributed by atoms with van der Waals surface area (Å²) in [7, 11) is 1.57. The first-order chi connectivity index (χ1) is 10.7. The van der Waals surface area contributed by atoms with Gasteiger partial charge in [-0.3, -0.25) is 9.59 Å². The lowest BCUT2D eigenvalue weighted by atomic mass is 10.1. The van der Waals surface area contributed by atoms with Crippen molar-refractivity contribution in [2.45, 2.75) is 26.2 Å². The number of benzene rings is 1. The van der Waals surface area contributed by atoms with Crippen LogP contribution in [-0.4, -0.2) is 31.3 Å². The largest absolute Gasteiger partial charge is 0.497 e. The molecule has 0 aromatic heterocycles. The normalized spacial score (nSPS) is 19.0. The summed E-state index contributed by atoms with van der Waals surface area (Å²) in [5, 5.41) is 4.11. The highest BCUT2D eigenvalue weighted by Gasteiger charge is 2.30. The van der Waals surface area contributed by atoms with Crippen molar-refractivity contribution in [3.05, 3.63) is 29.8 Å². The standard InChI is InChI=1S/C16H20N2O4/c1-3-22-16(20)13-5-4-6-14(13)17-18-15(19)11-7-9-12(21-2)10-8-11/h7-10,13H,3-6H2,1-2H3,(H,18,19)/b17-14-/t13-/m0/s1. The quantitative estimate of drug-likeness (QED) is 0.668. The SMILES string of the molecule is CCOC(=O)[C@H]1CCC/C1=N/NC(=O)c1ccc(OC)cc1. The third-order valence-corrected chi connectivity index (χ3v) is 3.55. The van der Waals surface area contributed by atoms with Crippen LogP contribution in [-0.2, 0) is 9.53 Å². The van der Waals surface area contributed by atoms with E-state index in [1.54, 1.807) is 38.3 Å². The molecule has 1 aromatic carbocycles. The van der Waals surface area contributed by atoms with Crippen molar-refractivity contribution in [2.24, 2.45) is 11.0 Å². The number of hydrogen-bond donors (Lipinski definition) is 1. The van der Waals surface area contributed by atoms with Crippen LogP contribution in [0.5, 0.6) is 5.75 Å². The number of nitrogens with zero attached hydrogens (tertiary/aromatic N) is 1. The average Bonchev–Trinajstić information content (AvgIpc) is 3.01. The Morgan fingerprint density at radius 1 is 1.32 bits per heavy atom. The molecule has 0 heterocycles. The van der Waals surface area contributed by atoms with E-state index in [1.807, 2.05) is 0 Å². The van der Waals surface area contributed by atoms with E-state index < -0.39 is 0 Å². The van der Waals surface area contributed by atoms with Crippen molar-refractivity contribution in [2.75, 3.05) is 13.7 Å². The molecule has 6 heteroatoms. The van der Waals surface area contributed by atoms with E-state index in [9.17, 15) is 9.59 Å². The van der Waals surface area contributed by atoms with E-state index in [2.05, 4.69) is 10.5 Å². The van der Waals surface area contributed by atoms with Crippen LogP contribution in [0.1, 0.15) is 36.5 Å². The molecule has 0 spiro atoms. The van der Waals surface area contributed by atoms with E-state index in [1.165, 1.54) is 0 Å². The number of esters is 1. The number of amides is 1. The van der Waals surface area contributed by atoms with Gasteiger partial charge in [-0.1, -0.05) is 0 Å². The van der Waals surface area contributed by atoms with Gasteiger partial charge in [0.25, 0.3) is 5.91 Å². The first-order valence-electron chi connectivity index (χ1n) is 7.33. The number of methoxy groups -OCH3 is 1. The Morgan fingerprint density at radius 2 is 2.05 bits per heavy atom. The van der Waals surface area contributed by atoms with Gasteiger partial charge in [-0.15, -0.1) is 0 Å². The highest BCUT2D eigenvalue weighted by atomic mass is 16.5. The van der Waals surface area contributed by atoms with Crippen LogP contribution in [0.2, 0.25) is 0 Å². The van der Waals surface area contributed by atoms with Gasteiger partial charge in [0.15, 0.2) is 0 Å². The van der Waals surface area contributed by atoms with Crippen molar-refractivity contribution >= 4 is 17.6 Å². The van der Waals surface area contributed by atoms with Crippen molar-refractivity contribution in [1.29, 1.82) is 0 Å². The molecule has 1 N–H and O–H groups in total. The minimum atomic E-state index is -0.337. The first kappa shape index (κ1) is 16.0. The Balaban J connectivity index is 2.00. The molecule has 1 fully saturated rings. The molecule has 6 nitrogen and oxygen atoms in total. The lowest BCUT2D eigenvalue weighted by Gasteiger charge is -2.10. The molecule has 1 aliphatic carbocycles. The Bertz CT molecular complexity index is 566. The topological polar surface area (TPSA) is 77.0 Å². The van der Waals surface area contributed by atoms with Gasteiger partial charge in [0.2, 0.25) is 0 Å². The number of carbonyl (C=O) groups excluding carboxylic acids is 2. The molecule has 1 amide bonds. The molecule has 0 bridgehead atoms. The summed E-state index contributed by atoms with van der Waals surface area (Å²) in [4.78, 5) is 23.8. The third-order valence-electron chi connectivity index (χ3n) is 3.55. The molecule has 1 atom stereocenters. The Morgan fingerprint density at radius 3 is 2.68 bits per heavy atom. The van der Waals surface area contributed by atoms with Gasteiger partial charge < -0.3 is 9.47 Å². The van der Waals surface area contributed by atoms with Crippen LogP contribution >= 0.6 is 0 Å². The predicted octanol–water partition coefficient (Wildman–Crippen LogP) is 2.14. The molecule has 2 rings (SSSR count). The fourth-order valence-electron chi connectivity index (χ4n) is 2.39. The molecular weight excluding hydrogens is 284 g/mol. The Hall–Kier alpha value is -2.37. The van der Waals surface area contributed by atoms with Crippen LogP contribution < -0.4 is 10.2 Å². The molecular formula is C16H20N2O4. The number of hydrazone groups is 1. The van der Waals surface area contributed by atoms with Crippen molar-refractivity contribution in [1.82, 2.24) is 5.43 Å². The van der Waals surface area contributed by atoms with Crippen LogP contribution in [0, 0.1) is 5.92 Å². The van der Waals surface area contributed by atoms with E-state index in [0.29, 0.717) is 30.1 Å². The maximum atomic E-state index is 12.0. The van der Waals surface area contributed by atoms with Crippen LogP contribution in [0.15, 0.2) is 29.4 Å². The van der Waals surface area contributed by atoms with Gasteiger partial charge in [-0.25, -0.2) is 5.43 Å². The molecule has 22 heavy (non-hydrogen) atoms. The van der Waals surface area contributed by atoms with Crippen LogP contribution in [0.25, 0.3) is 0 Å². The van der Waals surface area contributed by atoms with E-state index >= 15 is 0 Å².